The topological polar surface area (TPSA) is 29.0 Å². The van der Waals surface area contributed by atoms with Gasteiger partial charge in [0.25, 0.3) is 0 Å². The zero-order valence-corrected chi connectivity index (χ0v) is 11.5. The molecule has 86 valence electrons. The second-order valence-electron chi connectivity index (χ2n) is 4.59. The summed E-state index contributed by atoms with van der Waals surface area (Å²) in [6, 6.07) is 0. The number of halogens is 1. The molecule has 0 aliphatic carbocycles. The summed E-state index contributed by atoms with van der Waals surface area (Å²) in [5, 5.41) is 0.935. The van der Waals surface area contributed by atoms with Gasteiger partial charge in [0.2, 0.25) is 5.13 Å². The zero-order valence-electron chi connectivity index (χ0n) is 9.91. The first kappa shape index (κ1) is 12.7. The maximum Gasteiger partial charge on any atom is 0.205 e. The molecule has 1 heterocycles. The van der Waals surface area contributed by atoms with E-state index in [2.05, 4.69) is 42.0 Å². The molecular formula is C10H18ClN3S. The molecule has 0 aliphatic rings. The highest BCUT2D eigenvalue weighted by atomic mass is 35.5. The SMILES string of the molecule is CC(C)c1nsc(N(C)C(C)(C)CCl)n1. The van der Waals surface area contributed by atoms with Crippen LogP contribution in [0.4, 0.5) is 5.13 Å². The summed E-state index contributed by atoms with van der Waals surface area (Å²) < 4.78 is 4.33. The van der Waals surface area contributed by atoms with Crippen LogP contribution in [0.25, 0.3) is 0 Å². The Kier molecular flexibility index (Phi) is 3.95. The lowest BCUT2D eigenvalue weighted by Gasteiger charge is -2.33. The second-order valence-corrected chi connectivity index (χ2v) is 5.59. The number of nitrogens with zero attached hydrogens (tertiary/aromatic N) is 3. The molecule has 1 aromatic heterocycles. The van der Waals surface area contributed by atoms with Gasteiger partial charge in [-0.1, -0.05) is 13.8 Å². The summed E-state index contributed by atoms with van der Waals surface area (Å²) in [4.78, 5) is 6.59. The maximum absolute atomic E-state index is 5.92. The molecule has 0 unspecified atom stereocenters. The van der Waals surface area contributed by atoms with Gasteiger partial charge in [0.15, 0.2) is 0 Å². The first-order valence-electron chi connectivity index (χ1n) is 5.02. The average molecular weight is 248 g/mol. The van der Waals surface area contributed by atoms with Crippen molar-refractivity contribution in [2.24, 2.45) is 0 Å². The van der Waals surface area contributed by atoms with Crippen molar-refractivity contribution in [3.05, 3.63) is 5.82 Å². The lowest BCUT2D eigenvalue weighted by Crippen LogP contribution is -2.42. The van der Waals surface area contributed by atoms with E-state index in [0.717, 1.165) is 11.0 Å². The van der Waals surface area contributed by atoms with Crippen molar-refractivity contribution in [2.45, 2.75) is 39.2 Å². The van der Waals surface area contributed by atoms with Gasteiger partial charge >= 0.3 is 0 Å². The lowest BCUT2D eigenvalue weighted by atomic mass is 10.1. The third-order valence-electron chi connectivity index (χ3n) is 2.47. The molecule has 3 nitrogen and oxygen atoms in total. The predicted octanol–water partition coefficient (Wildman–Crippen LogP) is 3.12. The number of anilines is 1. The van der Waals surface area contributed by atoms with E-state index in [1.807, 2.05) is 7.05 Å². The van der Waals surface area contributed by atoms with Crippen molar-refractivity contribution in [1.29, 1.82) is 0 Å². The Balaban J connectivity index is 2.87. The molecule has 0 aliphatic heterocycles. The van der Waals surface area contributed by atoms with Gasteiger partial charge in [0.05, 0.1) is 0 Å². The smallest absolute Gasteiger partial charge is 0.205 e. The van der Waals surface area contributed by atoms with Crippen LogP contribution in [0.5, 0.6) is 0 Å². The summed E-state index contributed by atoms with van der Waals surface area (Å²) in [7, 11) is 2.01. The molecule has 0 atom stereocenters. The third kappa shape index (κ3) is 2.82. The van der Waals surface area contributed by atoms with Gasteiger partial charge in [-0.15, -0.1) is 11.6 Å². The number of hydrogen-bond donors (Lipinski definition) is 0. The van der Waals surface area contributed by atoms with E-state index in [1.165, 1.54) is 11.5 Å². The Hall–Kier alpha value is -0.350. The third-order valence-corrected chi connectivity index (χ3v) is 3.93. The van der Waals surface area contributed by atoms with Gasteiger partial charge in [0.1, 0.15) is 5.82 Å². The standard InChI is InChI=1S/C10H18ClN3S/c1-7(2)8-12-9(15-13-8)14(5)10(3,4)6-11/h7H,6H2,1-5H3. The minimum absolute atomic E-state index is 0.0880. The molecule has 0 bridgehead atoms. The molecule has 0 amide bonds. The Morgan fingerprint density at radius 3 is 2.47 bits per heavy atom. The van der Waals surface area contributed by atoms with Crippen LogP contribution in [-0.4, -0.2) is 27.8 Å². The molecule has 1 rings (SSSR count). The molecule has 5 heteroatoms. The summed E-state index contributed by atoms with van der Waals surface area (Å²) in [5.74, 6) is 1.86. The van der Waals surface area contributed by atoms with Crippen molar-refractivity contribution in [2.75, 3.05) is 17.8 Å². The van der Waals surface area contributed by atoms with Crippen LogP contribution in [0.15, 0.2) is 0 Å². The van der Waals surface area contributed by atoms with Crippen molar-refractivity contribution in [3.8, 4) is 0 Å². The lowest BCUT2D eigenvalue weighted by molar-refractivity contribution is 0.543. The van der Waals surface area contributed by atoms with Crippen molar-refractivity contribution in [3.63, 3.8) is 0 Å². The van der Waals surface area contributed by atoms with Crippen LogP contribution in [0.3, 0.4) is 0 Å². The molecule has 0 aromatic carbocycles. The monoisotopic (exact) mass is 247 g/mol. The molecule has 0 saturated heterocycles. The van der Waals surface area contributed by atoms with Crippen molar-refractivity contribution in [1.82, 2.24) is 9.36 Å². The van der Waals surface area contributed by atoms with E-state index < -0.39 is 0 Å². The van der Waals surface area contributed by atoms with Crippen LogP contribution in [0.1, 0.15) is 39.4 Å². The van der Waals surface area contributed by atoms with Crippen LogP contribution >= 0.6 is 23.1 Å². The summed E-state index contributed by atoms with van der Waals surface area (Å²) in [5.41, 5.74) is -0.0880. The molecule has 0 spiro atoms. The maximum atomic E-state index is 5.92. The number of alkyl halides is 1. The Bertz CT molecular complexity index is 322. The van der Waals surface area contributed by atoms with E-state index >= 15 is 0 Å². The predicted molar refractivity (Wildman–Crippen MR) is 67.2 cm³/mol. The van der Waals surface area contributed by atoms with Gasteiger partial charge in [0, 0.05) is 35.9 Å². The number of aromatic nitrogens is 2. The summed E-state index contributed by atoms with van der Waals surface area (Å²) >= 11 is 7.36. The van der Waals surface area contributed by atoms with Crippen molar-refractivity contribution >= 4 is 28.3 Å². The highest BCUT2D eigenvalue weighted by Crippen LogP contribution is 2.26. The van der Waals surface area contributed by atoms with Crippen LogP contribution in [0.2, 0.25) is 0 Å². The van der Waals surface area contributed by atoms with Crippen LogP contribution in [-0.2, 0) is 0 Å². The minimum atomic E-state index is -0.0880. The van der Waals surface area contributed by atoms with Gasteiger partial charge in [-0.3, -0.25) is 0 Å². The second kappa shape index (κ2) is 4.66. The molecule has 1 aromatic rings. The highest BCUT2D eigenvalue weighted by Gasteiger charge is 2.25. The molecule has 15 heavy (non-hydrogen) atoms. The minimum Gasteiger partial charge on any atom is -0.344 e. The van der Waals surface area contributed by atoms with E-state index in [4.69, 9.17) is 11.6 Å². The van der Waals surface area contributed by atoms with E-state index in [1.54, 1.807) is 0 Å². The highest BCUT2D eigenvalue weighted by molar-refractivity contribution is 7.09. The largest absolute Gasteiger partial charge is 0.344 e. The van der Waals surface area contributed by atoms with E-state index in [9.17, 15) is 0 Å². The fraction of sp³-hybridized carbons (Fsp3) is 0.800. The first-order valence-corrected chi connectivity index (χ1v) is 6.32. The zero-order chi connectivity index (χ0) is 11.6. The van der Waals surface area contributed by atoms with Gasteiger partial charge in [-0.2, -0.15) is 4.37 Å². The molecule has 0 radical (unpaired) electrons. The van der Waals surface area contributed by atoms with Gasteiger partial charge in [-0.25, -0.2) is 4.98 Å². The Morgan fingerprint density at radius 2 is 2.07 bits per heavy atom. The molecule has 0 saturated carbocycles. The van der Waals surface area contributed by atoms with Crippen molar-refractivity contribution < 1.29 is 0 Å². The summed E-state index contributed by atoms with van der Waals surface area (Å²) in [6.07, 6.45) is 0. The van der Waals surface area contributed by atoms with Gasteiger partial charge < -0.3 is 4.90 Å². The fourth-order valence-corrected chi connectivity index (χ4v) is 2.06. The van der Waals surface area contributed by atoms with Crippen LogP contribution < -0.4 is 4.90 Å². The molecular weight excluding hydrogens is 230 g/mol. The van der Waals surface area contributed by atoms with E-state index in [0.29, 0.717) is 11.8 Å². The van der Waals surface area contributed by atoms with E-state index in [-0.39, 0.29) is 5.54 Å². The molecule has 0 fully saturated rings. The Morgan fingerprint density at radius 1 is 1.47 bits per heavy atom. The summed E-state index contributed by atoms with van der Waals surface area (Å²) in [6.45, 7) is 8.38. The first-order chi connectivity index (χ1) is 6.88. The quantitative estimate of drug-likeness (QED) is 0.766. The normalized spacial score (nSPS) is 12.2. The fourth-order valence-electron chi connectivity index (χ4n) is 0.946. The number of hydrogen-bond acceptors (Lipinski definition) is 4. The average Bonchev–Trinajstić information content (AvgIpc) is 2.65. The van der Waals surface area contributed by atoms with Gasteiger partial charge in [-0.05, 0) is 13.8 Å². The molecule has 0 N–H and O–H groups in total. The number of rotatable bonds is 4. The Labute approximate surface area is 101 Å². The van der Waals surface area contributed by atoms with Crippen LogP contribution in [0, 0.1) is 0 Å².